The third-order valence-corrected chi connectivity index (χ3v) is 5.13. The number of pyridine rings is 1. The fourth-order valence-electron chi connectivity index (χ4n) is 3.60. The lowest BCUT2D eigenvalue weighted by Crippen LogP contribution is -2.30. The number of amides is 1. The van der Waals surface area contributed by atoms with Gasteiger partial charge in [-0.05, 0) is 37.1 Å². The average Bonchev–Trinajstić information content (AvgIpc) is 3.00. The molecule has 0 aliphatic carbocycles. The zero-order valence-corrected chi connectivity index (χ0v) is 15.4. The van der Waals surface area contributed by atoms with Crippen LogP contribution in [0.1, 0.15) is 35.3 Å². The van der Waals surface area contributed by atoms with Gasteiger partial charge in [-0.25, -0.2) is 9.97 Å². The molecular weight excluding hydrogens is 338 g/mol. The van der Waals surface area contributed by atoms with Gasteiger partial charge in [0, 0.05) is 23.5 Å². The van der Waals surface area contributed by atoms with E-state index in [0.717, 1.165) is 33.6 Å². The van der Waals surface area contributed by atoms with Crippen LogP contribution < -0.4 is 5.73 Å². The maximum Gasteiger partial charge on any atom is 0.227 e. The Morgan fingerprint density at radius 1 is 1.19 bits per heavy atom. The molecule has 0 saturated carbocycles. The highest BCUT2D eigenvalue weighted by atomic mass is 16.2. The van der Waals surface area contributed by atoms with Gasteiger partial charge in [0.25, 0.3) is 0 Å². The lowest BCUT2D eigenvalue weighted by molar-refractivity contribution is -0.132. The van der Waals surface area contributed by atoms with E-state index in [0.29, 0.717) is 13.0 Å². The number of nitrogens with two attached hydrogens (primary N) is 1. The van der Waals surface area contributed by atoms with Crippen LogP contribution in [0.2, 0.25) is 0 Å². The Balaban J connectivity index is 1.67. The van der Waals surface area contributed by atoms with Gasteiger partial charge in [0.1, 0.15) is 0 Å². The number of carbonyl (C=O) groups is 1. The molecule has 0 saturated heterocycles. The normalized spacial score (nSPS) is 15.6. The van der Waals surface area contributed by atoms with Crippen molar-refractivity contribution in [2.75, 3.05) is 5.73 Å². The second kappa shape index (κ2) is 6.79. The fourth-order valence-corrected chi connectivity index (χ4v) is 3.60. The van der Waals surface area contributed by atoms with Gasteiger partial charge in [-0.1, -0.05) is 24.3 Å². The minimum absolute atomic E-state index is 0.0778. The zero-order valence-electron chi connectivity index (χ0n) is 15.4. The van der Waals surface area contributed by atoms with E-state index in [1.165, 1.54) is 0 Å². The number of carbonyl (C=O) groups excluding carboxylic acids is 1. The molecule has 1 aliphatic heterocycles. The van der Waals surface area contributed by atoms with Crippen LogP contribution in [0.15, 0.2) is 48.8 Å². The van der Waals surface area contributed by atoms with Crippen molar-refractivity contribution in [1.29, 1.82) is 0 Å². The zero-order chi connectivity index (χ0) is 19.0. The van der Waals surface area contributed by atoms with Crippen molar-refractivity contribution in [2.45, 2.75) is 32.9 Å². The smallest absolute Gasteiger partial charge is 0.227 e. The summed E-state index contributed by atoms with van der Waals surface area (Å²) in [5.41, 5.74) is 11.6. The second-order valence-electron chi connectivity index (χ2n) is 6.83. The van der Waals surface area contributed by atoms with E-state index in [4.69, 9.17) is 5.73 Å². The molecule has 3 aromatic rings. The number of benzene rings is 1. The molecule has 0 fully saturated rings. The Morgan fingerprint density at radius 2 is 1.93 bits per heavy atom. The van der Waals surface area contributed by atoms with Crippen molar-refractivity contribution in [3.05, 3.63) is 71.2 Å². The van der Waals surface area contributed by atoms with E-state index in [9.17, 15) is 4.79 Å². The molecule has 1 aliphatic rings. The van der Waals surface area contributed by atoms with Gasteiger partial charge in [0.05, 0.1) is 30.4 Å². The van der Waals surface area contributed by atoms with Gasteiger partial charge in [-0.15, -0.1) is 0 Å². The van der Waals surface area contributed by atoms with E-state index in [1.807, 2.05) is 55.1 Å². The highest BCUT2D eigenvalue weighted by Crippen LogP contribution is 2.37. The van der Waals surface area contributed by atoms with Crippen molar-refractivity contribution < 1.29 is 4.79 Å². The standard InChI is InChI=1S/C21H21N5O/c1-13-5-3-4-6-16(13)11-18(27)26-12-17-19(14(26)2)24-21(22)25-20(17)15-7-9-23-10-8-15/h3-10,14H,11-12H2,1-2H3,(H2,22,24,25)/t14-/m0/s1. The van der Waals surface area contributed by atoms with E-state index in [-0.39, 0.29) is 17.9 Å². The van der Waals surface area contributed by atoms with Gasteiger partial charge >= 0.3 is 0 Å². The third kappa shape index (κ3) is 3.14. The molecule has 1 amide bonds. The SMILES string of the molecule is Cc1ccccc1CC(=O)N1Cc2c(-c3ccncc3)nc(N)nc2[C@@H]1C. The van der Waals surface area contributed by atoms with Crippen molar-refractivity contribution in [3.63, 3.8) is 0 Å². The first-order chi connectivity index (χ1) is 13.0. The summed E-state index contributed by atoms with van der Waals surface area (Å²) < 4.78 is 0. The monoisotopic (exact) mass is 359 g/mol. The van der Waals surface area contributed by atoms with Gasteiger partial charge in [0.2, 0.25) is 11.9 Å². The first kappa shape index (κ1) is 17.1. The van der Waals surface area contributed by atoms with E-state index in [1.54, 1.807) is 12.4 Å². The predicted molar refractivity (Wildman–Crippen MR) is 104 cm³/mol. The van der Waals surface area contributed by atoms with Crippen molar-refractivity contribution in [2.24, 2.45) is 0 Å². The minimum Gasteiger partial charge on any atom is -0.368 e. The van der Waals surface area contributed by atoms with Crippen molar-refractivity contribution >= 4 is 11.9 Å². The highest BCUT2D eigenvalue weighted by Gasteiger charge is 2.34. The largest absolute Gasteiger partial charge is 0.368 e. The van der Waals surface area contributed by atoms with Crippen molar-refractivity contribution in [3.8, 4) is 11.3 Å². The molecule has 136 valence electrons. The van der Waals surface area contributed by atoms with Gasteiger partial charge < -0.3 is 10.6 Å². The van der Waals surface area contributed by atoms with Crippen LogP contribution >= 0.6 is 0 Å². The fraction of sp³-hybridized carbons (Fsp3) is 0.238. The number of rotatable bonds is 3. The number of hydrogen-bond acceptors (Lipinski definition) is 5. The lowest BCUT2D eigenvalue weighted by Gasteiger charge is -2.21. The maximum atomic E-state index is 13.0. The molecule has 2 aromatic heterocycles. The van der Waals surface area contributed by atoms with Crippen LogP contribution in [-0.2, 0) is 17.8 Å². The summed E-state index contributed by atoms with van der Waals surface area (Å²) in [6.45, 7) is 4.50. The van der Waals surface area contributed by atoms with Gasteiger partial charge in [0.15, 0.2) is 0 Å². The summed E-state index contributed by atoms with van der Waals surface area (Å²) >= 11 is 0. The first-order valence-electron chi connectivity index (χ1n) is 8.95. The molecule has 1 atom stereocenters. The highest BCUT2D eigenvalue weighted by molar-refractivity contribution is 5.81. The third-order valence-electron chi connectivity index (χ3n) is 5.13. The van der Waals surface area contributed by atoms with Crippen LogP contribution in [0.4, 0.5) is 5.95 Å². The van der Waals surface area contributed by atoms with Gasteiger partial charge in [-0.3, -0.25) is 9.78 Å². The van der Waals surface area contributed by atoms with Gasteiger partial charge in [-0.2, -0.15) is 0 Å². The van der Waals surface area contributed by atoms with E-state index >= 15 is 0 Å². The molecular formula is C21H21N5O. The Hall–Kier alpha value is -3.28. The molecule has 6 nitrogen and oxygen atoms in total. The van der Waals surface area contributed by atoms with E-state index in [2.05, 4.69) is 15.0 Å². The van der Waals surface area contributed by atoms with Crippen LogP contribution in [0.5, 0.6) is 0 Å². The predicted octanol–water partition coefficient (Wildman–Crippen LogP) is 3.08. The summed E-state index contributed by atoms with van der Waals surface area (Å²) in [6.07, 6.45) is 3.82. The summed E-state index contributed by atoms with van der Waals surface area (Å²) in [5.74, 6) is 0.301. The molecule has 27 heavy (non-hydrogen) atoms. The molecule has 2 N–H and O–H groups in total. The van der Waals surface area contributed by atoms with Crippen molar-refractivity contribution in [1.82, 2.24) is 19.9 Å². The first-order valence-corrected chi connectivity index (χ1v) is 8.95. The summed E-state index contributed by atoms with van der Waals surface area (Å²) in [5, 5.41) is 0. The molecule has 6 heteroatoms. The van der Waals surface area contributed by atoms with Crippen LogP contribution in [0, 0.1) is 6.92 Å². The molecule has 0 unspecified atom stereocenters. The number of nitrogens with zero attached hydrogens (tertiary/aromatic N) is 4. The molecule has 1 aromatic carbocycles. The minimum atomic E-state index is -0.137. The molecule has 3 heterocycles. The van der Waals surface area contributed by atoms with Crippen LogP contribution in [0.25, 0.3) is 11.3 Å². The summed E-state index contributed by atoms with van der Waals surface area (Å²) in [4.78, 5) is 27.8. The quantitative estimate of drug-likeness (QED) is 0.777. The maximum absolute atomic E-state index is 13.0. The number of anilines is 1. The summed E-state index contributed by atoms with van der Waals surface area (Å²) in [7, 11) is 0. The Bertz CT molecular complexity index is 1000. The average molecular weight is 359 g/mol. The number of aryl methyl sites for hydroxylation is 1. The molecule has 0 radical (unpaired) electrons. The Labute approximate surface area is 158 Å². The summed E-state index contributed by atoms with van der Waals surface area (Å²) in [6, 6.07) is 11.6. The number of aromatic nitrogens is 3. The van der Waals surface area contributed by atoms with Crippen LogP contribution in [-0.4, -0.2) is 25.8 Å². The number of nitrogen functional groups attached to an aromatic ring is 1. The Kier molecular flexibility index (Phi) is 4.32. The Morgan fingerprint density at radius 3 is 2.67 bits per heavy atom. The lowest BCUT2D eigenvalue weighted by atomic mass is 10.1. The molecule has 0 spiro atoms. The second-order valence-corrected chi connectivity index (χ2v) is 6.83. The topological polar surface area (TPSA) is 85.0 Å². The molecule has 4 rings (SSSR count). The number of hydrogen-bond donors (Lipinski definition) is 1. The number of fused-ring (bicyclic) bond motifs is 1. The molecule has 0 bridgehead atoms. The van der Waals surface area contributed by atoms with Crippen LogP contribution in [0.3, 0.4) is 0 Å². The van der Waals surface area contributed by atoms with E-state index < -0.39 is 0 Å².